The number of hydrogen-bond donors (Lipinski definition) is 3. The number of hydrogen-bond acceptors (Lipinski definition) is 5. The maximum atomic E-state index is 10.5. The van der Waals surface area contributed by atoms with E-state index < -0.39 is 0 Å². The molecule has 1 amide bonds. The average molecular weight is 268 g/mol. The second kappa shape index (κ2) is 7.06. The van der Waals surface area contributed by atoms with E-state index in [9.17, 15) is 9.90 Å². The second-order valence-corrected chi connectivity index (χ2v) is 4.43. The molecule has 2 heterocycles. The molecular formula is C13H20N2O4. The summed E-state index contributed by atoms with van der Waals surface area (Å²) in [5, 5.41) is 27.0. The van der Waals surface area contributed by atoms with E-state index in [0.717, 1.165) is 19.4 Å². The lowest BCUT2D eigenvalue weighted by Crippen LogP contribution is -2.17. The van der Waals surface area contributed by atoms with Crippen molar-refractivity contribution < 1.29 is 20.1 Å². The Morgan fingerprint density at radius 1 is 1.37 bits per heavy atom. The Morgan fingerprint density at radius 3 is 2.42 bits per heavy atom. The molecule has 3 N–H and O–H groups in total. The number of carbonyl (C=O) groups excluding carboxylic acids is 1. The van der Waals surface area contributed by atoms with Gasteiger partial charge in [0.2, 0.25) is 5.91 Å². The van der Waals surface area contributed by atoms with Crippen molar-refractivity contribution in [1.29, 1.82) is 0 Å². The van der Waals surface area contributed by atoms with Crippen LogP contribution in [0.2, 0.25) is 0 Å². The van der Waals surface area contributed by atoms with Gasteiger partial charge in [-0.15, -0.1) is 0 Å². The summed E-state index contributed by atoms with van der Waals surface area (Å²) in [5.41, 5.74) is 1.27. The number of aliphatic hydroxyl groups is 2. The van der Waals surface area contributed by atoms with Gasteiger partial charge in [0.25, 0.3) is 0 Å². The highest BCUT2D eigenvalue weighted by atomic mass is 16.3. The van der Waals surface area contributed by atoms with Crippen molar-refractivity contribution in [2.75, 3.05) is 13.6 Å². The van der Waals surface area contributed by atoms with Gasteiger partial charge in [-0.3, -0.25) is 9.78 Å². The first-order valence-electron chi connectivity index (χ1n) is 6.13. The normalized spacial score (nSPS) is 14.3. The molecule has 0 radical (unpaired) electrons. The third-order valence-corrected chi connectivity index (χ3v) is 3.07. The lowest BCUT2D eigenvalue weighted by atomic mass is 10.1. The molecule has 6 nitrogen and oxygen atoms in total. The Balaban J connectivity index is 0.000000218. The van der Waals surface area contributed by atoms with Crippen molar-refractivity contribution in [2.24, 2.45) is 0 Å². The number of aromatic nitrogens is 1. The largest absolute Gasteiger partial charge is 0.506 e. The SMILES string of the molecule is CN1CCCC1=O.Cc1ncc(CO)c(CO)c1O. The van der Waals surface area contributed by atoms with Crippen LogP contribution in [-0.2, 0) is 18.0 Å². The highest BCUT2D eigenvalue weighted by molar-refractivity contribution is 5.77. The predicted molar refractivity (Wildman–Crippen MR) is 69.4 cm³/mol. The summed E-state index contributed by atoms with van der Waals surface area (Å²) in [6.07, 6.45) is 3.26. The molecule has 1 fully saturated rings. The summed E-state index contributed by atoms with van der Waals surface area (Å²) < 4.78 is 0. The highest BCUT2D eigenvalue weighted by Gasteiger charge is 2.14. The van der Waals surface area contributed by atoms with E-state index in [0.29, 0.717) is 22.7 Å². The molecule has 0 saturated carbocycles. The van der Waals surface area contributed by atoms with Gasteiger partial charge in [0.05, 0.1) is 18.9 Å². The van der Waals surface area contributed by atoms with Crippen LogP contribution in [-0.4, -0.2) is 44.7 Å². The molecule has 1 aromatic rings. The summed E-state index contributed by atoms with van der Waals surface area (Å²) in [5.74, 6) is 0.254. The summed E-state index contributed by atoms with van der Waals surface area (Å²) in [6.45, 7) is 2.08. The molecule has 1 aromatic heterocycles. The molecule has 0 aromatic carbocycles. The van der Waals surface area contributed by atoms with Gasteiger partial charge in [0.1, 0.15) is 5.75 Å². The molecule has 1 saturated heterocycles. The number of aryl methyl sites for hydroxylation is 1. The minimum atomic E-state index is -0.287. The van der Waals surface area contributed by atoms with E-state index in [-0.39, 0.29) is 19.0 Å². The lowest BCUT2D eigenvalue weighted by Gasteiger charge is -2.07. The zero-order chi connectivity index (χ0) is 14.4. The van der Waals surface area contributed by atoms with E-state index in [1.54, 1.807) is 11.8 Å². The van der Waals surface area contributed by atoms with Crippen LogP contribution < -0.4 is 0 Å². The van der Waals surface area contributed by atoms with Crippen LogP contribution in [0.5, 0.6) is 5.75 Å². The fraction of sp³-hybridized carbons (Fsp3) is 0.538. The highest BCUT2D eigenvalue weighted by Crippen LogP contribution is 2.23. The Morgan fingerprint density at radius 2 is 2.05 bits per heavy atom. The molecule has 0 spiro atoms. The predicted octanol–water partition coefficient (Wildman–Crippen LogP) is 0.319. The molecule has 1 aliphatic heterocycles. The third-order valence-electron chi connectivity index (χ3n) is 3.07. The number of aromatic hydroxyl groups is 1. The Kier molecular flexibility index (Phi) is 5.72. The minimum absolute atomic E-state index is 0.0379. The van der Waals surface area contributed by atoms with Crippen molar-refractivity contribution in [2.45, 2.75) is 33.0 Å². The van der Waals surface area contributed by atoms with Gasteiger partial charge in [-0.25, -0.2) is 0 Å². The van der Waals surface area contributed by atoms with Crippen LogP contribution >= 0.6 is 0 Å². The van der Waals surface area contributed by atoms with Gasteiger partial charge >= 0.3 is 0 Å². The van der Waals surface area contributed by atoms with Crippen LogP contribution in [0.1, 0.15) is 29.7 Å². The van der Waals surface area contributed by atoms with Crippen LogP contribution in [0.3, 0.4) is 0 Å². The van der Waals surface area contributed by atoms with Crippen LogP contribution in [0.25, 0.3) is 0 Å². The van der Waals surface area contributed by atoms with Crippen molar-refractivity contribution in [3.05, 3.63) is 23.0 Å². The fourth-order valence-corrected chi connectivity index (χ4v) is 1.78. The smallest absolute Gasteiger partial charge is 0.222 e. The quantitative estimate of drug-likeness (QED) is 0.718. The van der Waals surface area contributed by atoms with Gasteiger partial charge < -0.3 is 20.2 Å². The lowest BCUT2D eigenvalue weighted by molar-refractivity contribution is -0.126. The molecule has 1 aliphatic rings. The summed E-state index contributed by atoms with van der Waals surface area (Å²) >= 11 is 0. The number of pyridine rings is 1. The Bertz CT molecular complexity index is 449. The molecule has 0 aliphatic carbocycles. The molecule has 0 unspecified atom stereocenters. The molecule has 106 valence electrons. The first kappa shape index (κ1) is 15.4. The third kappa shape index (κ3) is 3.90. The number of carbonyl (C=O) groups is 1. The summed E-state index contributed by atoms with van der Waals surface area (Å²) in [7, 11) is 1.84. The van der Waals surface area contributed by atoms with Gasteiger partial charge in [0.15, 0.2) is 0 Å². The van der Waals surface area contributed by atoms with E-state index >= 15 is 0 Å². The van der Waals surface area contributed by atoms with E-state index in [4.69, 9.17) is 10.2 Å². The van der Waals surface area contributed by atoms with Gasteiger partial charge in [-0.05, 0) is 13.3 Å². The molecule has 0 bridgehead atoms. The fourth-order valence-electron chi connectivity index (χ4n) is 1.78. The number of aliphatic hydroxyl groups excluding tert-OH is 2. The first-order chi connectivity index (χ1) is 9.01. The summed E-state index contributed by atoms with van der Waals surface area (Å²) in [6, 6.07) is 0. The van der Waals surface area contributed by atoms with Crippen LogP contribution in [0, 0.1) is 6.92 Å². The minimum Gasteiger partial charge on any atom is -0.506 e. The zero-order valence-electron chi connectivity index (χ0n) is 11.3. The maximum Gasteiger partial charge on any atom is 0.222 e. The van der Waals surface area contributed by atoms with Crippen LogP contribution in [0.15, 0.2) is 6.20 Å². The molecule has 0 atom stereocenters. The second-order valence-electron chi connectivity index (χ2n) is 4.43. The van der Waals surface area contributed by atoms with Gasteiger partial charge in [-0.1, -0.05) is 0 Å². The zero-order valence-corrected chi connectivity index (χ0v) is 11.3. The number of rotatable bonds is 2. The van der Waals surface area contributed by atoms with Crippen molar-refractivity contribution in [1.82, 2.24) is 9.88 Å². The standard InChI is InChI=1S/C8H11NO3.C5H9NO/c1-5-8(12)7(4-11)6(3-10)2-9-5;1-6-4-2-3-5(6)7/h2,10-12H,3-4H2,1H3;2-4H2,1H3. The number of amides is 1. The monoisotopic (exact) mass is 268 g/mol. The number of likely N-dealkylation sites (tertiary alicyclic amines) is 1. The van der Waals surface area contributed by atoms with Crippen molar-refractivity contribution in [3.63, 3.8) is 0 Å². The van der Waals surface area contributed by atoms with Crippen molar-refractivity contribution >= 4 is 5.91 Å². The van der Waals surface area contributed by atoms with E-state index in [1.165, 1.54) is 6.20 Å². The summed E-state index contributed by atoms with van der Waals surface area (Å²) in [4.78, 5) is 16.1. The number of nitrogens with zero attached hydrogens (tertiary/aromatic N) is 2. The van der Waals surface area contributed by atoms with Gasteiger partial charge in [-0.2, -0.15) is 0 Å². The average Bonchev–Trinajstić information content (AvgIpc) is 2.77. The Labute approximate surface area is 112 Å². The van der Waals surface area contributed by atoms with Crippen LogP contribution in [0.4, 0.5) is 0 Å². The molecule has 6 heteroatoms. The maximum absolute atomic E-state index is 10.5. The topological polar surface area (TPSA) is 93.9 Å². The Hall–Kier alpha value is -1.66. The van der Waals surface area contributed by atoms with E-state index in [2.05, 4.69) is 4.98 Å². The van der Waals surface area contributed by atoms with E-state index in [1.807, 2.05) is 7.05 Å². The molecule has 2 rings (SSSR count). The first-order valence-corrected chi connectivity index (χ1v) is 6.13. The molecule has 19 heavy (non-hydrogen) atoms. The van der Waals surface area contributed by atoms with Gasteiger partial charge in [0, 0.05) is 37.3 Å². The van der Waals surface area contributed by atoms with Crippen molar-refractivity contribution in [3.8, 4) is 5.75 Å². The molecular weight excluding hydrogens is 248 g/mol.